The lowest BCUT2D eigenvalue weighted by Crippen LogP contribution is -2.48. The SMILES string of the molecule is CCCN(CC)CCNC(=NC)NC1CC2CCC1O2. The number of fused-ring (bicyclic) bond motifs is 2. The lowest BCUT2D eigenvalue weighted by Gasteiger charge is -2.24. The number of aliphatic imine (C=N–C) groups is 1. The third-order valence-electron chi connectivity index (χ3n) is 4.36. The molecule has 0 radical (unpaired) electrons. The third kappa shape index (κ3) is 4.09. The van der Waals surface area contributed by atoms with Crippen molar-refractivity contribution >= 4 is 5.96 Å². The first-order chi connectivity index (χ1) is 9.76. The highest BCUT2D eigenvalue weighted by Crippen LogP contribution is 2.34. The molecule has 0 aromatic heterocycles. The molecule has 0 spiro atoms. The molecule has 0 aromatic rings. The summed E-state index contributed by atoms with van der Waals surface area (Å²) in [4.78, 5) is 6.78. The van der Waals surface area contributed by atoms with Gasteiger partial charge in [-0.2, -0.15) is 0 Å². The number of hydrogen-bond acceptors (Lipinski definition) is 3. The van der Waals surface area contributed by atoms with Gasteiger partial charge in [0.1, 0.15) is 0 Å². The Kier molecular flexibility index (Phi) is 6.10. The van der Waals surface area contributed by atoms with E-state index in [2.05, 4.69) is 34.4 Å². The Bertz CT molecular complexity index is 321. The highest BCUT2D eigenvalue weighted by molar-refractivity contribution is 5.80. The van der Waals surface area contributed by atoms with Crippen LogP contribution in [0.3, 0.4) is 0 Å². The molecule has 2 rings (SSSR count). The largest absolute Gasteiger partial charge is 0.373 e. The van der Waals surface area contributed by atoms with Gasteiger partial charge in [-0.1, -0.05) is 13.8 Å². The summed E-state index contributed by atoms with van der Waals surface area (Å²) in [5.74, 6) is 0.915. The fourth-order valence-electron chi connectivity index (χ4n) is 3.24. The van der Waals surface area contributed by atoms with Crippen molar-refractivity contribution in [1.82, 2.24) is 15.5 Å². The zero-order chi connectivity index (χ0) is 14.4. The highest BCUT2D eigenvalue weighted by Gasteiger charge is 2.41. The number of nitrogens with one attached hydrogen (secondary N) is 2. The van der Waals surface area contributed by atoms with Gasteiger partial charge in [-0.05, 0) is 38.8 Å². The number of nitrogens with zero attached hydrogens (tertiary/aromatic N) is 2. The quantitative estimate of drug-likeness (QED) is 0.544. The monoisotopic (exact) mass is 282 g/mol. The molecule has 2 heterocycles. The van der Waals surface area contributed by atoms with Crippen molar-refractivity contribution in [2.75, 3.05) is 33.2 Å². The molecular formula is C15H30N4O. The van der Waals surface area contributed by atoms with Crippen LogP contribution >= 0.6 is 0 Å². The van der Waals surface area contributed by atoms with Gasteiger partial charge in [0.25, 0.3) is 0 Å². The maximum absolute atomic E-state index is 5.87. The minimum absolute atomic E-state index is 0.394. The normalized spacial score (nSPS) is 29.2. The van der Waals surface area contributed by atoms with Crippen LogP contribution in [0.4, 0.5) is 0 Å². The van der Waals surface area contributed by atoms with Gasteiger partial charge in [0.15, 0.2) is 5.96 Å². The van der Waals surface area contributed by atoms with Crippen LogP contribution in [0.1, 0.15) is 39.5 Å². The van der Waals surface area contributed by atoms with Crippen LogP contribution in [0.15, 0.2) is 4.99 Å². The second-order valence-corrected chi connectivity index (χ2v) is 5.79. The van der Waals surface area contributed by atoms with E-state index in [1.807, 2.05) is 7.05 Å². The molecule has 2 saturated heterocycles. The van der Waals surface area contributed by atoms with E-state index >= 15 is 0 Å². The van der Waals surface area contributed by atoms with E-state index in [0.29, 0.717) is 18.2 Å². The third-order valence-corrected chi connectivity index (χ3v) is 4.36. The minimum Gasteiger partial charge on any atom is -0.373 e. The lowest BCUT2D eigenvalue weighted by atomic mass is 9.96. The molecule has 2 aliphatic rings. The zero-order valence-electron chi connectivity index (χ0n) is 13.2. The Morgan fingerprint density at radius 1 is 1.30 bits per heavy atom. The molecule has 20 heavy (non-hydrogen) atoms. The second-order valence-electron chi connectivity index (χ2n) is 5.79. The number of rotatable bonds is 7. The number of guanidine groups is 1. The van der Waals surface area contributed by atoms with E-state index in [1.165, 1.54) is 25.8 Å². The standard InChI is InChI=1S/C15H30N4O/c1-4-9-19(5-2)10-8-17-15(16-3)18-13-11-12-6-7-14(13)20-12/h12-14H,4-11H2,1-3H3,(H2,16,17,18). The van der Waals surface area contributed by atoms with Crippen molar-refractivity contribution in [2.45, 2.75) is 57.8 Å². The summed E-state index contributed by atoms with van der Waals surface area (Å²) in [6.45, 7) is 8.74. The zero-order valence-corrected chi connectivity index (χ0v) is 13.2. The predicted molar refractivity (Wildman–Crippen MR) is 83.2 cm³/mol. The smallest absolute Gasteiger partial charge is 0.191 e. The van der Waals surface area contributed by atoms with E-state index in [4.69, 9.17) is 4.74 Å². The van der Waals surface area contributed by atoms with Gasteiger partial charge in [0.05, 0.1) is 18.2 Å². The van der Waals surface area contributed by atoms with Crippen molar-refractivity contribution in [3.05, 3.63) is 0 Å². The Hall–Kier alpha value is -0.810. The van der Waals surface area contributed by atoms with E-state index in [1.54, 1.807) is 0 Å². The van der Waals surface area contributed by atoms with Gasteiger partial charge in [0, 0.05) is 20.1 Å². The fraction of sp³-hybridized carbons (Fsp3) is 0.933. The van der Waals surface area contributed by atoms with E-state index in [9.17, 15) is 0 Å². The van der Waals surface area contributed by atoms with Gasteiger partial charge in [-0.15, -0.1) is 0 Å². The molecule has 0 saturated carbocycles. The van der Waals surface area contributed by atoms with Crippen LogP contribution in [0, 0.1) is 0 Å². The first kappa shape index (κ1) is 15.6. The summed E-state index contributed by atoms with van der Waals surface area (Å²) >= 11 is 0. The van der Waals surface area contributed by atoms with Gasteiger partial charge >= 0.3 is 0 Å². The molecule has 3 atom stereocenters. The molecule has 2 N–H and O–H groups in total. The average Bonchev–Trinajstić information content (AvgIpc) is 3.07. The number of likely N-dealkylation sites (N-methyl/N-ethyl adjacent to an activating group) is 1. The molecule has 0 aliphatic carbocycles. The second kappa shape index (κ2) is 7.84. The summed E-state index contributed by atoms with van der Waals surface area (Å²) in [5.41, 5.74) is 0. The molecule has 0 amide bonds. The molecule has 2 bridgehead atoms. The van der Waals surface area contributed by atoms with Crippen molar-refractivity contribution < 1.29 is 4.74 Å². The van der Waals surface area contributed by atoms with Gasteiger partial charge in [-0.25, -0.2) is 0 Å². The number of hydrogen-bond donors (Lipinski definition) is 2. The maximum Gasteiger partial charge on any atom is 0.191 e. The molecule has 2 aliphatic heterocycles. The first-order valence-electron chi connectivity index (χ1n) is 8.11. The van der Waals surface area contributed by atoms with Crippen LogP contribution < -0.4 is 10.6 Å². The van der Waals surface area contributed by atoms with E-state index in [0.717, 1.165) is 32.0 Å². The van der Waals surface area contributed by atoms with Crippen molar-refractivity contribution in [3.63, 3.8) is 0 Å². The van der Waals surface area contributed by atoms with Crippen LogP contribution in [0.25, 0.3) is 0 Å². The Morgan fingerprint density at radius 2 is 2.15 bits per heavy atom. The summed E-state index contributed by atoms with van der Waals surface area (Å²) in [5, 5.41) is 6.94. The molecule has 0 aromatic carbocycles. The van der Waals surface area contributed by atoms with E-state index < -0.39 is 0 Å². The van der Waals surface area contributed by atoms with Crippen LogP contribution in [-0.4, -0.2) is 62.3 Å². The van der Waals surface area contributed by atoms with Crippen molar-refractivity contribution in [2.24, 2.45) is 4.99 Å². The maximum atomic E-state index is 5.87. The van der Waals surface area contributed by atoms with Crippen molar-refractivity contribution in [1.29, 1.82) is 0 Å². The van der Waals surface area contributed by atoms with Gasteiger partial charge in [0.2, 0.25) is 0 Å². The van der Waals surface area contributed by atoms with Gasteiger partial charge < -0.3 is 20.3 Å². The van der Waals surface area contributed by atoms with E-state index in [-0.39, 0.29) is 0 Å². The molecular weight excluding hydrogens is 252 g/mol. The summed E-state index contributed by atoms with van der Waals surface area (Å²) in [6.07, 6.45) is 5.64. The number of ether oxygens (including phenoxy) is 1. The predicted octanol–water partition coefficient (Wildman–Crippen LogP) is 1.20. The summed E-state index contributed by atoms with van der Waals surface area (Å²) in [6, 6.07) is 0.442. The van der Waals surface area contributed by atoms with Crippen molar-refractivity contribution in [3.8, 4) is 0 Å². The molecule has 2 fully saturated rings. The molecule has 3 unspecified atom stereocenters. The van der Waals surface area contributed by atoms with Crippen LogP contribution in [0.2, 0.25) is 0 Å². The highest BCUT2D eigenvalue weighted by atomic mass is 16.5. The first-order valence-corrected chi connectivity index (χ1v) is 8.11. The Labute approximate surface area is 123 Å². The fourth-order valence-corrected chi connectivity index (χ4v) is 3.24. The topological polar surface area (TPSA) is 48.9 Å². The molecule has 116 valence electrons. The average molecular weight is 282 g/mol. The van der Waals surface area contributed by atoms with Crippen LogP contribution in [0.5, 0.6) is 0 Å². The van der Waals surface area contributed by atoms with Crippen LogP contribution in [-0.2, 0) is 4.74 Å². The van der Waals surface area contributed by atoms with Gasteiger partial charge in [-0.3, -0.25) is 4.99 Å². The summed E-state index contributed by atoms with van der Waals surface area (Å²) < 4.78 is 5.87. The minimum atomic E-state index is 0.394. The Balaban J connectivity index is 1.68. The summed E-state index contributed by atoms with van der Waals surface area (Å²) in [7, 11) is 1.84. The molecule has 5 nitrogen and oxygen atoms in total. The lowest BCUT2D eigenvalue weighted by molar-refractivity contribution is 0.0992. The Morgan fingerprint density at radius 3 is 2.70 bits per heavy atom. The molecule has 5 heteroatoms.